The number of nitrogens with zero attached hydrogens (tertiary/aromatic N) is 2. The number of amides is 1. The van der Waals surface area contributed by atoms with E-state index in [9.17, 15) is 17.6 Å². The van der Waals surface area contributed by atoms with Crippen molar-refractivity contribution in [2.45, 2.75) is 31.6 Å². The Morgan fingerprint density at radius 3 is 2.55 bits per heavy atom. The SMILES string of the molecule is CCCS(=O)(=O)N1CCC(CNC(=O)c2ccc(Cl)cc2Cl)(c2cccc([18F])n2)CC1. The Balaban J connectivity index is 1.82. The number of halogens is 3. The van der Waals surface area contributed by atoms with Crippen LogP contribution in [0.1, 0.15) is 42.2 Å². The fraction of sp³-hybridized carbons (Fsp3) is 0.429. The van der Waals surface area contributed by atoms with Crippen LogP contribution in [-0.2, 0) is 15.4 Å². The number of hydrogen-bond donors (Lipinski definition) is 1. The average molecular weight is 487 g/mol. The molecule has 0 aliphatic carbocycles. The zero-order chi connectivity index (χ0) is 22.6. The van der Waals surface area contributed by atoms with Crippen LogP contribution in [0.25, 0.3) is 0 Å². The van der Waals surface area contributed by atoms with Crippen LogP contribution in [0.5, 0.6) is 0 Å². The lowest BCUT2D eigenvalue weighted by Gasteiger charge is -2.41. The molecule has 1 aliphatic rings. The van der Waals surface area contributed by atoms with Crippen molar-refractivity contribution < 1.29 is 17.6 Å². The molecule has 1 aromatic heterocycles. The van der Waals surface area contributed by atoms with Crippen LogP contribution in [0.3, 0.4) is 0 Å². The van der Waals surface area contributed by atoms with Gasteiger partial charge in [-0.2, -0.15) is 4.39 Å². The van der Waals surface area contributed by atoms with E-state index < -0.39 is 27.3 Å². The maximum absolute atomic E-state index is 13.9. The van der Waals surface area contributed by atoms with Gasteiger partial charge in [-0.15, -0.1) is 0 Å². The third kappa shape index (κ3) is 5.55. The van der Waals surface area contributed by atoms with E-state index >= 15 is 0 Å². The summed E-state index contributed by atoms with van der Waals surface area (Å²) in [5.74, 6) is -0.923. The van der Waals surface area contributed by atoms with Crippen molar-refractivity contribution in [2.75, 3.05) is 25.4 Å². The largest absolute Gasteiger partial charge is 0.351 e. The number of pyridine rings is 1. The molecule has 1 saturated heterocycles. The normalized spacial score (nSPS) is 16.8. The first-order chi connectivity index (χ1) is 14.7. The van der Waals surface area contributed by atoms with E-state index in [4.69, 9.17) is 23.2 Å². The van der Waals surface area contributed by atoms with Gasteiger partial charge in [-0.3, -0.25) is 4.79 Å². The van der Waals surface area contributed by atoms with Crippen LogP contribution in [0, 0.1) is 5.95 Å². The zero-order valence-electron chi connectivity index (χ0n) is 17.1. The Hall–Kier alpha value is -1.74. The van der Waals surface area contributed by atoms with E-state index in [1.54, 1.807) is 18.2 Å². The van der Waals surface area contributed by atoms with Crippen molar-refractivity contribution in [3.8, 4) is 0 Å². The number of piperidine rings is 1. The highest BCUT2D eigenvalue weighted by molar-refractivity contribution is 7.89. The number of rotatable bonds is 7. The number of benzene rings is 1. The van der Waals surface area contributed by atoms with Gasteiger partial charge in [0.25, 0.3) is 5.91 Å². The van der Waals surface area contributed by atoms with Gasteiger partial charge in [0, 0.05) is 30.1 Å². The number of aromatic nitrogens is 1. The molecule has 1 aromatic carbocycles. The van der Waals surface area contributed by atoms with E-state index in [2.05, 4.69) is 10.3 Å². The van der Waals surface area contributed by atoms with E-state index in [0.717, 1.165) is 0 Å². The van der Waals surface area contributed by atoms with Gasteiger partial charge in [-0.25, -0.2) is 17.7 Å². The quantitative estimate of drug-likeness (QED) is 0.599. The van der Waals surface area contributed by atoms with Crippen molar-refractivity contribution in [3.05, 3.63) is 63.6 Å². The summed E-state index contributed by atoms with van der Waals surface area (Å²) in [7, 11) is -3.34. The lowest BCUT2D eigenvalue weighted by Crippen LogP contribution is -2.51. The number of hydrogen-bond acceptors (Lipinski definition) is 4. The predicted molar refractivity (Wildman–Crippen MR) is 120 cm³/mol. The molecule has 3 rings (SSSR count). The highest BCUT2D eigenvalue weighted by atomic mass is 35.5. The molecule has 2 heterocycles. The second-order valence-corrected chi connectivity index (χ2v) is 10.6. The fourth-order valence-electron chi connectivity index (χ4n) is 3.82. The van der Waals surface area contributed by atoms with Crippen molar-refractivity contribution in [1.29, 1.82) is 0 Å². The summed E-state index contributed by atoms with van der Waals surface area (Å²) in [6.07, 6.45) is 1.34. The average Bonchev–Trinajstić information content (AvgIpc) is 2.72. The van der Waals surface area contributed by atoms with Crippen LogP contribution in [0.2, 0.25) is 10.0 Å². The van der Waals surface area contributed by atoms with E-state index in [0.29, 0.717) is 30.0 Å². The molecule has 0 spiro atoms. The number of carbonyl (C=O) groups is 1. The molecule has 0 bridgehead atoms. The van der Waals surface area contributed by atoms with Crippen molar-refractivity contribution in [2.24, 2.45) is 0 Å². The molecule has 10 heteroatoms. The smallest absolute Gasteiger partial charge is 0.252 e. The molecule has 0 unspecified atom stereocenters. The molecular formula is C21H24Cl2FN3O3S. The Labute approximate surface area is 191 Å². The van der Waals surface area contributed by atoms with Gasteiger partial charge in [-0.1, -0.05) is 36.2 Å². The van der Waals surface area contributed by atoms with Gasteiger partial charge < -0.3 is 5.32 Å². The third-order valence-electron chi connectivity index (χ3n) is 5.56. The van der Waals surface area contributed by atoms with Crippen molar-refractivity contribution >= 4 is 39.1 Å². The second-order valence-electron chi connectivity index (χ2n) is 7.65. The molecule has 6 nitrogen and oxygen atoms in total. The van der Waals surface area contributed by atoms with Crippen LogP contribution in [-0.4, -0.2) is 49.0 Å². The standard InChI is InChI=1S/C21H24Cl2FN3O3S/c1-2-12-31(29,30)27-10-8-21(9-11-27,18-4-3-5-19(24)26-18)14-25-20(28)16-7-6-15(22)13-17(16)23/h3-7,13H,2,8-12,14H2,1H3,(H,25,28)/i24-1. The van der Waals surface area contributed by atoms with Gasteiger partial charge >= 0.3 is 0 Å². The van der Waals surface area contributed by atoms with Crippen LogP contribution in [0.15, 0.2) is 36.4 Å². The van der Waals surface area contributed by atoms with Gasteiger partial charge in [0.05, 0.1) is 22.0 Å². The summed E-state index contributed by atoms with van der Waals surface area (Å²) in [6.45, 7) is 2.54. The first-order valence-electron chi connectivity index (χ1n) is 10.0. The maximum Gasteiger partial charge on any atom is 0.252 e. The Kier molecular flexibility index (Phi) is 7.57. The number of carbonyl (C=O) groups excluding carboxylic acids is 1. The topological polar surface area (TPSA) is 79.4 Å². The Morgan fingerprint density at radius 2 is 1.94 bits per heavy atom. The summed E-state index contributed by atoms with van der Waals surface area (Å²) < 4.78 is 40.3. The monoisotopic (exact) mass is 486 g/mol. The molecule has 1 aliphatic heterocycles. The van der Waals surface area contributed by atoms with Crippen LogP contribution < -0.4 is 5.32 Å². The molecule has 0 radical (unpaired) electrons. The second kappa shape index (κ2) is 9.81. The minimum Gasteiger partial charge on any atom is -0.351 e. The minimum absolute atomic E-state index is 0.0873. The Bertz CT molecular complexity index is 1060. The molecule has 1 fully saturated rings. The van der Waals surface area contributed by atoms with Crippen molar-refractivity contribution in [3.63, 3.8) is 0 Å². The molecule has 2 aromatic rings. The van der Waals surface area contributed by atoms with Crippen molar-refractivity contribution in [1.82, 2.24) is 14.6 Å². The highest BCUT2D eigenvalue weighted by Gasteiger charge is 2.40. The van der Waals surface area contributed by atoms with Gasteiger partial charge in [0.1, 0.15) is 0 Å². The molecule has 0 atom stereocenters. The molecule has 1 N–H and O–H groups in total. The highest BCUT2D eigenvalue weighted by Crippen LogP contribution is 2.35. The summed E-state index contributed by atoms with van der Waals surface area (Å²) in [5, 5.41) is 3.51. The van der Waals surface area contributed by atoms with Crippen LogP contribution in [0.4, 0.5) is 4.39 Å². The summed E-state index contributed by atoms with van der Waals surface area (Å²) in [6, 6.07) is 9.12. The van der Waals surface area contributed by atoms with E-state index in [1.807, 2.05) is 6.92 Å². The summed E-state index contributed by atoms with van der Waals surface area (Å²) in [4.78, 5) is 16.8. The first-order valence-corrected chi connectivity index (χ1v) is 12.4. The molecule has 1 amide bonds. The van der Waals surface area contributed by atoms with Gasteiger partial charge in [0.2, 0.25) is 16.0 Å². The molecule has 168 valence electrons. The molecule has 31 heavy (non-hydrogen) atoms. The first kappa shape index (κ1) is 23.9. The number of nitrogens with one attached hydrogen (secondary N) is 1. The molecular weight excluding hydrogens is 463 g/mol. The predicted octanol–water partition coefficient (Wildman–Crippen LogP) is 4.03. The maximum atomic E-state index is 13.9. The summed E-state index contributed by atoms with van der Waals surface area (Å²) in [5.41, 5.74) is 0.0634. The lowest BCUT2D eigenvalue weighted by molar-refractivity contribution is 0.0932. The van der Waals surface area contributed by atoms with Crippen LogP contribution >= 0.6 is 23.2 Å². The molecule has 0 saturated carbocycles. The van der Waals surface area contributed by atoms with Gasteiger partial charge in [-0.05, 0) is 49.6 Å². The van der Waals surface area contributed by atoms with E-state index in [1.165, 1.54) is 22.5 Å². The third-order valence-corrected chi connectivity index (χ3v) is 8.18. The zero-order valence-corrected chi connectivity index (χ0v) is 19.4. The Morgan fingerprint density at radius 1 is 1.23 bits per heavy atom. The summed E-state index contributed by atoms with van der Waals surface area (Å²) >= 11 is 12.0. The fourth-order valence-corrected chi connectivity index (χ4v) is 5.83. The number of sulfonamides is 1. The minimum atomic E-state index is -3.34. The van der Waals surface area contributed by atoms with Gasteiger partial charge in [0.15, 0.2) is 0 Å². The lowest BCUT2D eigenvalue weighted by atomic mass is 9.75. The van der Waals surface area contributed by atoms with E-state index in [-0.39, 0.29) is 36.0 Å².